The van der Waals surface area contributed by atoms with Gasteiger partial charge >= 0.3 is 0 Å². The van der Waals surface area contributed by atoms with Crippen molar-refractivity contribution in [3.63, 3.8) is 0 Å². The maximum absolute atomic E-state index is 12.6. The molecule has 2 aromatic rings. The number of hydrogen-bond acceptors (Lipinski definition) is 7. The molecule has 1 amide bonds. The fourth-order valence-electron chi connectivity index (χ4n) is 2.30. The highest BCUT2D eigenvalue weighted by Gasteiger charge is 2.15. The molecule has 0 aliphatic rings. The minimum Gasteiger partial charge on any atom is -0.507 e. The number of rotatable bonds is 10. The second-order valence-electron chi connectivity index (χ2n) is 6.03. The van der Waals surface area contributed by atoms with Crippen LogP contribution in [0.3, 0.4) is 0 Å². The summed E-state index contributed by atoms with van der Waals surface area (Å²) in [5, 5.41) is 19.3. The summed E-state index contributed by atoms with van der Waals surface area (Å²) in [5.41, 5.74) is 5.45. The van der Waals surface area contributed by atoms with Gasteiger partial charge in [0.05, 0.1) is 18.3 Å². The molecule has 0 bridgehead atoms. The van der Waals surface area contributed by atoms with Gasteiger partial charge in [0.1, 0.15) is 17.2 Å². The lowest BCUT2D eigenvalue weighted by molar-refractivity contribution is -0.124. The highest BCUT2D eigenvalue weighted by atomic mass is 16.5. The van der Waals surface area contributed by atoms with Crippen LogP contribution in [0.15, 0.2) is 42.5 Å². The monoisotopic (exact) mass is 388 g/mol. The number of ether oxygens (including phenoxy) is 2. The largest absolute Gasteiger partial charge is 0.507 e. The van der Waals surface area contributed by atoms with E-state index in [1.165, 1.54) is 18.2 Å². The molecule has 0 spiro atoms. The van der Waals surface area contributed by atoms with Crippen molar-refractivity contribution in [1.82, 2.24) is 10.9 Å². The first-order valence-electron chi connectivity index (χ1n) is 8.83. The zero-order valence-electron chi connectivity index (χ0n) is 15.8. The zero-order chi connectivity index (χ0) is 20.5. The van der Waals surface area contributed by atoms with E-state index in [-0.39, 0.29) is 36.0 Å². The normalized spacial score (nSPS) is 11.5. The first-order valence-corrected chi connectivity index (χ1v) is 8.83. The van der Waals surface area contributed by atoms with Gasteiger partial charge in [0.25, 0.3) is 5.91 Å². The topological polar surface area (TPSA) is 117 Å². The SMILES string of the molecule is CCOc1ccc(C(=O)c2ccc(OCC(=O)NNCC(C)O)cc2O)cc1. The highest BCUT2D eigenvalue weighted by Crippen LogP contribution is 2.26. The smallest absolute Gasteiger partial charge is 0.271 e. The van der Waals surface area contributed by atoms with Crippen molar-refractivity contribution in [2.45, 2.75) is 20.0 Å². The molecule has 0 heterocycles. The van der Waals surface area contributed by atoms with Crippen molar-refractivity contribution in [2.24, 2.45) is 0 Å². The first kappa shape index (κ1) is 21.2. The molecule has 2 rings (SSSR count). The van der Waals surface area contributed by atoms with Gasteiger partial charge in [-0.3, -0.25) is 15.0 Å². The number of aliphatic hydroxyl groups is 1. The number of hydrazine groups is 1. The Morgan fingerprint density at radius 3 is 2.36 bits per heavy atom. The molecule has 0 saturated carbocycles. The third-order valence-corrected chi connectivity index (χ3v) is 3.64. The number of phenols is 1. The maximum atomic E-state index is 12.6. The van der Waals surface area contributed by atoms with Crippen molar-refractivity contribution in [3.8, 4) is 17.2 Å². The van der Waals surface area contributed by atoms with Crippen LogP contribution in [-0.4, -0.2) is 47.8 Å². The summed E-state index contributed by atoms with van der Waals surface area (Å²) in [4.78, 5) is 24.2. The number of nitrogens with one attached hydrogen (secondary N) is 2. The van der Waals surface area contributed by atoms with Crippen LogP contribution in [-0.2, 0) is 4.79 Å². The summed E-state index contributed by atoms with van der Waals surface area (Å²) in [5.74, 6) is -0.134. The molecule has 0 aromatic heterocycles. The number of carbonyl (C=O) groups is 2. The number of phenolic OH excluding ortho intramolecular Hbond substituents is 1. The van der Waals surface area contributed by atoms with E-state index in [2.05, 4.69) is 10.9 Å². The number of amides is 1. The average molecular weight is 388 g/mol. The van der Waals surface area contributed by atoms with Gasteiger partial charge in [-0.1, -0.05) is 0 Å². The van der Waals surface area contributed by atoms with E-state index in [1.807, 2.05) is 6.92 Å². The van der Waals surface area contributed by atoms with Gasteiger partial charge in [-0.2, -0.15) is 0 Å². The standard InChI is InChI=1S/C20H24N2O6/c1-3-27-15-6-4-14(5-7-15)20(26)17-9-8-16(10-18(17)24)28-12-19(25)22-21-11-13(2)23/h4-10,13,21,23-24H,3,11-12H2,1-2H3,(H,22,25). The van der Waals surface area contributed by atoms with Crippen molar-refractivity contribution < 1.29 is 29.3 Å². The number of carbonyl (C=O) groups excluding carboxylic acids is 2. The molecular weight excluding hydrogens is 364 g/mol. The van der Waals surface area contributed by atoms with Crippen LogP contribution in [0.4, 0.5) is 0 Å². The molecule has 8 heteroatoms. The Balaban J connectivity index is 1.95. The quantitative estimate of drug-likeness (QED) is 0.359. The van der Waals surface area contributed by atoms with Crippen molar-refractivity contribution in [1.29, 1.82) is 0 Å². The van der Waals surface area contributed by atoms with Crippen molar-refractivity contribution >= 4 is 11.7 Å². The zero-order valence-corrected chi connectivity index (χ0v) is 15.8. The third kappa shape index (κ3) is 6.26. The highest BCUT2D eigenvalue weighted by molar-refractivity contribution is 6.10. The molecule has 2 aromatic carbocycles. The Bertz CT molecular complexity index is 805. The van der Waals surface area contributed by atoms with E-state index < -0.39 is 12.0 Å². The van der Waals surface area contributed by atoms with Crippen LogP contribution in [0, 0.1) is 0 Å². The van der Waals surface area contributed by atoms with Gasteiger partial charge in [0, 0.05) is 18.2 Å². The van der Waals surface area contributed by atoms with Gasteiger partial charge < -0.3 is 19.7 Å². The van der Waals surface area contributed by atoms with E-state index in [9.17, 15) is 14.7 Å². The number of hydrogen-bond donors (Lipinski definition) is 4. The maximum Gasteiger partial charge on any atom is 0.271 e. The van der Waals surface area contributed by atoms with Gasteiger partial charge in [0.2, 0.25) is 0 Å². The molecule has 150 valence electrons. The van der Waals surface area contributed by atoms with Crippen LogP contribution in [0.25, 0.3) is 0 Å². The van der Waals surface area contributed by atoms with Crippen LogP contribution in [0.1, 0.15) is 29.8 Å². The third-order valence-electron chi connectivity index (χ3n) is 3.64. The Kier molecular flexibility index (Phi) is 7.79. The van der Waals surface area contributed by atoms with E-state index >= 15 is 0 Å². The fourth-order valence-corrected chi connectivity index (χ4v) is 2.30. The summed E-state index contributed by atoms with van der Waals surface area (Å²) in [6, 6.07) is 10.8. The molecule has 0 radical (unpaired) electrons. The summed E-state index contributed by atoms with van der Waals surface area (Å²) >= 11 is 0. The van der Waals surface area contributed by atoms with Gasteiger partial charge in [-0.05, 0) is 50.2 Å². The van der Waals surface area contributed by atoms with Gasteiger partial charge in [0.15, 0.2) is 12.4 Å². The fraction of sp³-hybridized carbons (Fsp3) is 0.300. The summed E-state index contributed by atoms with van der Waals surface area (Å²) < 4.78 is 10.6. The summed E-state index contributed by atoms with van der Waals surface area (Å²) in [6.45, 7) is 3.89. The van der Waals surface area contributed by atoms with Gasteiger partial charge in [-0.25, -0.2) is 5.43 Å². The molecule has 1 atom stereocenters. The lowest BCUT2D eigenvalue weighted by atomic mass is 10.0. The number of benzene rings is 2. The molecule has 0 aliphatic heterocycles. The molecule has 4 N–H and O–H groups in total. The van der Waals surface area contributed by atoms with Crippen LogP contribution in [0.5, 0.6) is 17.2 Å². The summed E-state index contributed by atoms with van der Waals surface area (Å²) in [6.07, 6.45) is -0.598. The molecule has 0 saturated heterocycles. The van der Waals surface area contributed by atoms with Crippen molar-refractivity contribution in [2.75, 3.05) is 19.8 Å². The Labute approximate surface area is 163 Å². The Morgan fingerprint density at radius 2 is 1.75 bits per heavy atom. The Hall–Kier alpha value is -3.10. The van der Waals surface area contributed by atoms with E-state index in [0.29, 0.717) is 17.9 Å². The van der Waals surface area contributed by atoms with Crippen LogP contribution in [0.2, 0.25) is 0 Å². The Morgan fingerprint density at radius 1 is 1.07 bits per heavy atom. The van der Waals surface area contributed by atoms with E-state index in [4.69, 9.17) is 14.6 Å². The van der Waals surface area contributed by atoms with E-state index in [1.54, 1.807) is 31.2 Å². The first-order chi connectivity index (χ1) is 13.4. The number of aliphatic hydroxyl groups excluding tert-OH is 1. The van der Waals surface area contributed by atoms with Gasteiger partial charge in [-0.15, -0.1) is 0 Å². The number of ketones is 1. The number of aromatic hydroxyl groups is 1. The molecule has 1 unspecified atom stereocenters. The predicted molar refractivity (Wildman–Crippen MR) is 102 cm³/mol. The minimum atomic E-state index is -0.598. The van der Waals surface area contributed by atoms with Crippen LogP contribution >= 0.6 is 0 Å². The minimum absolute atomic E-state index is 0.125. The summed E-state index contributed by atoms with van der Waals surface area (Å²) in [7, 11) is 0. The predicted octanol–water partition coefficient (Wildman–Crippen LogP) is 1.40. The average Bonchev–Trinajstić information content (AvgIpc) is 2.66. The molecule has 28 heavy (non-hydrogen) atoms. The lowest BCUT2D eigenvalue weighted by Crippen LogP contribution is -2.43. The molecule has 0 fully saturated rings. The molecule has 8 nitrogen and oxygen atoms in total. The lowest BCUT2D eigenvalue weighted by Gasteiger charge is -2.11. The van der Waals surface area contributed by atoms with Crippen molar-refractivity contribution in [3.05, 3.63) is 53.6 Å². The second kappa shape index (κ2) is 10.3. The second-order valence-corrected chi connectivity index (χ2v) is 6.03. The molecule has 0 aliphatic carbocycles. The molecular formula is C20H24N2O6. The van der Waals surface area contributed by atoms with Crippen LogP contribution < -0.4 is 20.3 Å². The van der Waals surface area contributed by atoms with E-state index in [0.717, 1.165) is 0 Å².